The van der Waals surface area contributed by atoms with Crippen LogP contribution in [0, 0.1) is 5.82 Å². The van der Waals surface area contributed by atoms with Crippen molar-refractivity contribution in [1.82, 2.24) is 15.2 Å². The van der Waals surface area contributed by atoms with Crippen molar-refractivity contribution in [1.29, 1.82) is 0 Å². The zero-order valence-corrected chi connectivity index (χ0v) is 15.0. The fraction of sp³-hybridized carbons (Fsp3) is 0.632. The molecule has 26 heavy (non-hydrogen) atoms. The molecule has 3 rings (SSSR count). The van der Waals surface area contributed by atoms with Gasteiger partial charge in [-0.1, -0.05) is 12.8 Å². The number of halogens is 1. The molecule has 1 aromatic heterocycles. The number of carbonyl (C=O) groups excluding carboxylic acids is 2. The van der Waals surface area contributed by atoms with Gasteiger partial charge in [0.2, 0.25) is 11.8 Å². The molecule has 6 nitrogen and oxygen atoms in total. The number of carbonyl (C=O) groups is 2. The quantitative estimate of drug-likeness (QED) is 0.843. The van der Waals surface area contributed by atoms with Gasteiger partial charge in [-0.05, 0) is 25.0 Å². The summed E-state index contributed by atoms with van der Waals surface area (Å²) in [5, 5.41) is 3.00. The Hall–Kier alpha value is -2.18. The van der Waals surface area contributed by atoms with E-state index in [4.69, 9.17) is 4.74 Å². The second kappa shape index (κ2) is 8.96. The molecule has 0 atom stereocenters. The fourth-order valence-electron chi connectivity index (χ4n) is 3.59. The molecule has 1 saturated carbocycles. The van der Waals surface area contributed by atoms with Gasteiger partial charge in [0.1, 0.15) is 6.10 Å². The Morgan fingerprint density at radius 3 is 2.62 bits per heavy atom. The van der Waals surface area contributed by atoms with Gasteiger partial charge < -0.3 is 15.0 Å². The molecule has 2 heterocycles. The normalized spacial score (nSPS) is 18.7. The third kappa shape index (κ3) is 5.16. The number of amides is 2. The maximum absolute atomic E-state index is 13.6. The number of rotatable bonds is 6. The lowest BCUT2D eigenvalue weighted by molar-refractivity contribution is -0.135. The average molecular weight is 363 g/mol. The summed E-state index contributed by atoms with van der Waals surface area (Å²) in [5.41, 5.74) is 0. The van der Waals surface area contributed by atoms with Crippen LogP contribution in [0.25, 0.3) is 0 Å². The summed E-state index contributed by atoms with van der Waals surface area (Å²) in [6.45, 7) is 1.12. The van der Waals surface area contributed by atoms with E-state index < -0.39 is 5.82 Å². The van der Waals surface area contributed by atoms with E-state index in [1.165, 1.54) is 31.2 Å². The first kappa shape index (κ1) is 18.6. The van der Waals surface area contributed by atoms with Gasteiger partial charge in [0, 0.05) is 51.0 Å². The Morgan fingerprint density at radius 1 is 1.19 bits per heavy atom. The highest BCUT2D eigenvalue weighted by Gasteiger charge is 2.25. The molecule has 1 aromatic rings. The molecule has 2 aliphatic rings. The third-order valence-electron chi connectivity index (χ3n) is 5.08. The lowest BCUT2D eigenvalue weighted by atomic mass is 10.1. The number of pyridine rings is 1. The van der Waals surface area contributed by atoms with Crippen molar-refractivity contribution in [3.8, 4) is 5.88 Å². The molecule has 0 bridgehead atoms. The van der Waals surface area contributed by atoms with Crippen molar-refractivity contribution in [2.45, 2.75) is 63.5 Å². The van der Waals surface area contributed by atoms with E-state index in [9.17, 15) is 14.0 Å². The van der Waals surface area contributed by atoms with Gasteiger partial charge in [-0.2, -0.15) is 0 Å². The highest BCUT2D eigenvalue weighted by Crippen LogP contribution is 2.20. The minimum atomic E-state index is -0.473. The van der Waals surface area contributed by atoms with E-state index in [0.29, 0.717) is 25.9 Å². The standard InChI is InChI=1S/C19H26FN3O3/c20-16-6-3-11-21-19(16)26-15-9-12-23(13-10-15)18(25)8-7-17(24)22-14-4-1-2-5-14/h3,6,11,14-15H,1-2,4-5,7-10,12-13H2,(H,22,24). The first-order valence-electron chi connectivity index (χ1n) is 9.46. The highest BCUT2D eigenvalue weighted by molar-refractivity contribution is 5.84. The summed E-state index contributed by atoms with van der Waals surface area (Å²) in [6, 6.07) is 3.13. The minimum absolute atomic E-state index is 0.00552. The highest BCUT2D eigenvalue weighted by atomic mass is 19.1. The number of ether oxygens (including phenoxy) is 1. The van der Waals surface area contributed by atoms with E-state index >= 15 is 0 Å². The Balaban J connectivity index is 1.36. The number of aromatic nitrogens is 1. The van der Waals surface area contributed by atoms with Crippen LogP contribution in [0.3, 0.4) is 0 Å². The average Bonchev–Trinajstić information content (AvgIpc) is 3.15. The van der Waals surface area contributed by atoms with Crippen molar-refractivity contribution in [3.63, 3.8) is 0 Å². The van der Waals surface area contributed by atoms with Gasteiger partial charge in [0.25, 0.3) is 5.88 Å². The predicted molar refractivity (Wildman–Crippen MR) is 94.1 cm³/mol. The van der Waals surface area contributed by atoms with E-state index in [1.54, 1.807) is 4.90 Å². The largest absolute Gasteiger partial charge is 0.472 e. The summed E-state index contributed by atoms with van der Waals surface area (Å²) in [6.07, 6.45) is 7.53. The van der Waals surface area contributed by atoms with E-state index in [1.807, 2.05) is 0 Å². The molecule has 1 aliphatic carbocycles. The summed E-state index contributed by atoms with van der Waals surface area (Å²) < 4.78 is 19.2. The third-order valence-corrected chi connectivity index (χ3v) is 5.08. The van der Waals surface area contributed by atoms with Crippen LogP contribution in [0.2, 0.25) is 0 Å². The number of likely N-dealkylation sites (tertiary alicyclic amines) is 1. The van der Waals surface area contributed by atoms with Crippen LogP contribution in [0.4, 0.5) is 4.39 Å². The molecule has 2 amide bonds. The van der Waals surface area contributed by atoms with E-state index in [-0.39, 0.29) is 42.7 Å². The van der Waals surface area contributed by atoms with Crippen molar-refractivity contribution in [2.75, 3.05) is 13.1 Å². The monoisotopic (exact) mass is 363 g/mol. The summed E-state index contributed by atoms with van der Waals surface area (Å²) in [7, 11) is 0. The maximum Gasteiger partial charge on any atom is 0.250 e. The van der Waals surface area contributed by atoms with Crippen molar-refractivity contribution in [3.05, 3.63) is 24.1 Å². The van der Waals surface area contributed by atoms with Crippen molar-refractivity contribution < 1.29 is 18.7 Å². The molecule has 142 valence electrons. The smallest absolute Gasteiger partial charge is 0.250 e. The molecule has 0 radical (unpaired) electrons. The van der Waals surface area contributed by atoms with Gasteiger partial charge in [-0.3, -0.25) is 9.59 Å². The molecule has 1 saturated heterocycles. The second-order valence-corrected chi connectivity index (χ2v) is 7.04. The number of nitrogens with one attached hydrogen (secondary N) is 1. The van der Waals surface area contributed by atoms with Crippen molar-refractivity contribution >= 4 is 11.8 Å². The zero-order chi connectivity index (χ0) is 18.4. The number of hydrogen-bond donors (Lipinski definition) is 1. The van der Waals surface area contributed by atoms with E-state index in [2.05, 4.69) is 10.3 Å². The Morgan fingerprint density at radius 2 is 1.92 bits per heavy atom. The van der Waals surface area contributed by atoms with Gasteiger partial charge in [-0.25, -0.2) is 9.37 Å². The van der Waals surface area contributed by atoms with E-state index in [0.717, 1.165) is 12.8 Å². The maximum atomic E-state index is 13.6. The van der Waals surface area contributed by atoms with Crippen molar-refractivity contribution in [2.24, 2.45) is 0 Å². The first-order chi connectivity index (χ1) is 12.6. The molecular weight excluding hydrogens is 337 g/mol. The zero-order valence-electron chi connectivity index (χ0n) is 15.0. The summed E-state index contributed by atoms with van der Waals surface area (Å²) in [4.78, 5) is 29.9. The molecule has 2 fully saturated rings. The van der Waals surface area contributed by atoms with Crippen LogP contribution in [-0.2, 0) is 9.59 Å². The number of hydrogen-bond acceptors (Lipinski definition) is 4. The second-order valence-electron chi connectivity index (χ2n) is 7.04. The molecule has 1 N–H and O–H groups in total. The van der Waals surface area contributed by atoms with Crippen LogP contribution in [-0.4, -0.2) is 46.9 Å². The Kier molecular flexibility index (Phi) is 6.41. The Bertz CT molecular complexity index is 626. The van der Waals surface area contributed by atoms with Crippen LogP contribution in [0.5, 0.6) is 5.88 Å². The SMILES string of the molecule is O=C(CCC(=O)N1CCC(Oc2ncccc2F)CC1)NC1CCCC1. The first-order valence-corrected chi connectivity index (χ1v) is 9.46. The van der Waals surface area contributed by atoms with Gasteiger partial charge in [0.05, 0.1) is 0 Å². The lowest BCUT2D eigenvalue weighted by Gasteiger charge is -2.32. The van der Waals surface area contributed by atoms with Crippen LogP contribution < -0.4 is 10.1 Å². The lowest BCUT2D eigenvalue weighted by Crippen LogP contribution is -2.42. The summed E-state index contributed by atoms with van der Waals surface area (Å²) >= 11 is 0. The fourth-order valence-corrected chi connectivity index (χ4v) is 3.59. The molecular formula is C19H26FN3O3. The van der Waals surface area contributed by atoms with Crippen LogP contribution >= 0.6 is 0 Å². The van der Waals surface area contributed by atoms with Gasteiger partial charge in [0.15, 0.2) is 5.82 Å². The Labute approximate surface area is 153 Å². The molecule has 0 unspecified atom stereocenters. The minimum Gasteiger partial charge on any atom is -0.472 e. The summed E-state index contributed by atoms with van der Waals surface area (Å²) in [5.74, 6) is -0.497. The molecule has 0 aromatic carbocycles. The molecule has 1 aliphatic heterocycles. The van der Waals surface area contributed by atoms with Gasteiger partial charge >= 0.3 is 0 Å². The molecule has 7 heteroatoms. The topological polar surface area (TPSA) is 71.5 Å². The number of nitrogens with zero attached hydrogens (tertiary/aromatic N) is 2. The van der Waals surface area contributed by atoms with Crippen LogP contribution in [0.1, 0.15) is 51.4 Å². The number of piperidine rings is 1. The van der Waals surface area contributed by atoms with Crippen LogP contribution in [0.15, 0.2) is 18.3 Å². The molecule has 0 spiro atoms. The predicted octanol–water partition coefficient (Wildman–Crippen LogP) is 2.43. The van der Waals surface area contributed by atoms with Gasteiger partial charge in [-0.15, -0.1) is 0 Å².